The molecule has 10 heteroatoms. The summed E-state index contributed by atoms with van der Waals surface area (Å²) in [5.74, 6) is -2.66. The molecule has 0 aromatic carbocycles. The van der Waals surface area contributed by atoms with E-state index in [1.165, 1.54) is 7.11 Å². The van der Waals surface area contributed by atoms with Crippen LogP contribution in [0.4, 0.5) is 0 Å². The van der Waals surface area contributed by atoms with E-state index in [1.807, 2.05) is 19.1 Å². The maximum Gasteiger partial charge on any atom is 2.00 e. The van der Waals surface area contributed by atoms with Crippen molar-refractivity contribution in [3.63, 3.8) is 0 Å². The summed E-state index contributed by atoms with van der Waals surface area (Å²) >= 11 is 0. The molecular weight excluding hydrogens is 569 g/mol. The average Bonchev–Trinajstić information content (AvgIpc) is 3.70. The van der Waals surface area contributed by atoms with Crippen LogP contribution in [0.3, 0.4) is 0 Å². The number of methoxy groups -OCH3 is 1. The van der Waals surface area contributed by atoms with Crippen molar-refractivity contribution in [2.45, 2.75) is 73.0 Å². The molecule has 1 aliphatic carbocycles. The SMILES string of the molecule is CCc1c2[n-]c(c1C)/C=C1\[N-]C(=C(C)[C@H]1C)/C=C1\[N-]C(C3=c4[n-]/c(c(C)c4[C@@H](O)[C@@H]3C(=O)OC)=C\2)[C@@H](CCC(=O)O)[C@@H]1C.[Mg+2]. The van der Waals surface area contributed by atoms with Gasteiger partial charge in [-0.1, -0.05) is 72.9 Å². The van der Waals surface area contributed by atoms with Gasteiger partial charge in [0.1, 0.15) is 5.92 Å². The van der Waals surface area contributed by atoms with Gasteiger partial charge in [-0.15, -0.1) is 27.8 Å². The number of hydrogen-bond donors (Lipinski definition) is 2. The van der Waals surface area contributed by atoms with Gasteiger partial charge in [0.05, 0.1) is 13.2 Å². The summed E-state index contributed by atoms with van der Waals surface area (Å²) in [4.78, 5) is 35.0. The Morgan fingerprint density at radius 2 is 1.73 bits per heavy atom. The van der Waals surface area contributed by atoms with E-state index in [-0.39, 0.29) is 47.2 Å². The molecule has 8 bridgehead atoms. The molecule has 0 spiro atoms. The number of allylic oxidation sites excluding steroid dienone is 3. The minimum atomic E-state index is -1.15. The van der Waals surface area contributed by atoms with E-state index >= 15 is 0 Å². The molecular formula is C34H38MgN4O5-2. The molecule has 1 saturated heterocycles. The topological polar surface area (TPSA) is 140 Å². The number of hydrogen-bond acceptors (Lipinski definition) is 4. The zero-order valence-electron chi connectivity index (χ0n) is 26.4. The van der Waals surface area contributed by atoms with Gasteiger partial charge < -0.3 is 35.6 Å². The summed E-state index contributed by atoms with van der Waals surface area (Å²) in [6.07, 6.45) is 6.02. The Balaban J connectivity index is 0.00000384. The summed E-state index contributed by atoms with van der Waals surface area (Å²) in [7, 11) is 1.31. The summed E-state index contributed by atoms with van der Waals surface area (Å²) in [5.41, 5.74) is 9.62. The second-order valence-electron chi connectivity index (χ2n) is 12.3. The molecule has 4 aliphatic rings. The predicted molar refractivity (Wildman–Crippen MR) is 169 cm³/mol. The van der Waals surface area contributed by atoms with Gasteiger partial charge >= 0.3 is 35.0 Å². The van der Waals surface area contributed by atoms with Crippen LogP contribution in [0.1, 0.15) is 80.3 Å². The second-order valence-corrected chi connectivity index (χ2v) is 12.3. The third-order valence-corrected chi connectivity index (χ3v) is 10.1. The van der Waals surface area contributed by atoms with Crippen molar-refractivity contribution in [3.05, 3.63) is 83.7 Å². The van der Waals surface area contributed by atoms with Crippen LogP contribution in [0.25, 0.3) is 28.4 Å². The second kappa shape index (κ2) is 11.9. The number of fused-ring (bicyclic) bond motifs is 8. The first-order chi connectivity index (χ1) is 20.5. The smallest absolute Gasteiger partial charge is 0.681 e. The normalized spacial score (nSPS) is 29.9. The number of carboxylic acids is 1. The minimum Gasteiger partial charge on any atom is -0.681 e. The van der Waals surface area contributed by atoms with Gasteiger partial charge in [-0.25, -0.2) is 0 Å². The Morgan fingerprint density at radius 3 is 2.39 bits per heavy atom. The Morgan fingerprint density at radius 1 is 1.00 bits per heavy atom. The van der Waals surface area contributed by atoms with Crippen LogP contribution in [-0.2, 0) is 20.7 Å². The van der Waals surface area contributed by atoms with Crippen LogP contribution in [-0.4, -0.2) is 58.4 Å². The van der Waals surface area contributed by atoms with Crippen molar-refractivity contribution in [2.75, 3.05) is 7.11 Å². The standard InChI is InChI=1S/C34H38N4O5.Mg/c1-8-19-16(4)23-11-21-14(2)15(3)22(35-21)12-24-17(5)20(9-10-27(39)40)31(37-24)29-30(34(42)43-7)33(41)28-18(6)25(38-32(28)29)13-26(19)36-23;/h11-14,17,20,30-31,33,41H,8-10H2,1-7H3,(H,39,40);/q-4;+2/b21-11-,24-12-,25-13-;/t14-,17+,20+,30-,31?,33-;/m1./s1. The molecule has 9 nitrogen and oxygen atoms in total. The fourth-order valence-corrected chi connectivity index (χ4v) is 7.34. The number of aliphatic hydroxyl groups is 1. The molecule has 228 valence electrons. The minimum absolute atomic E-state index is 0. The number of carbonyl (C=O) groups excluding carboxylic acids is 1. The summed E-state index contributed by atoms with van der Waals surface area (Å²) in [6, 6.07) is -0.553. The van der Waals surface area contributed by atoms with Gasteiger partial charge in [-0.3, -0.25) is 9.59 Å². The van der Waals surface area contributed by atoms with Gasteiger partial charge in [-0.05, 0) is 56.9 Å². The van der Waals surface area contributed by atoms with Crippen molar-refractivity contribution >= 4 is 52.7 Å². The number of rotatable bonds is 5. The first kappa shape index (κ1) is 32.2. The van der Waals surface area contributed by atoms with Gasteiger partial charge in [-0.2, -0.15) is 11.4 Å². The van der Waals surface area contributed by atoms with E-state index in [4.69, 9.17) is 25.3 Å². The van der Waals surface area contributed by atoms with Crippen molar-refractivity contribution in [1.82, 2.24) is 9.97 Å². The van der Waals surface area contributed by atoms with Crippen LogP contribution in [0.2, 0.25) is 0 Å². The zero-order valence-corrected chi connectivity index (χ0v) is 27.8. The summed E-state index contributed by atoms with van der Waals surface area (Å²) in [5, 5.41) is 32.7. The van der Waals surface area contributed by atoms with E-state index in [1.54, 1.807) is 0 Å². The molecule has 2 N–H and O–H groups in total. The third kappa shape index (κ3) is 4.95. The molecule has 1 unspecified atom stereocenters. The first-order valence-electron chi connectivity index (χ1n) is 15.1. The van der Waals surface area contributed by atoms with Crippen LogP contribution in [0.15, 0.2) is 28.7 Å². The maximum absolute atomic E-state index is 13.2. The van der Waals surface area contributed by atoms with Crippen molar-refractivity contribution in [2.24, 2.45) is 23.7 Å². The molecule has 5 heterocycles. The number of carbonyl (C=O) groups is 2. The van der Waals surface area contributed by atoms with Crippen LogP contribution in [0.5, 0.6) is 0 Å². The number of aliphatic carboxylic acids is 1. The van der Waals surface area contributed by atoms with E-state index in [9.17, 15) is 19.8 Å². The fraction of sp³-hybridized carbons (Fsp3) is 0.471. The van der Waals surface area contributed by atoms with E-state index < -0.39 is 30.0 Å². The fourth-order valence-electron chi connectivity index (χ4n) is 7.34. The molecule has 1 fully saturated rings. The average molecular weight is 607 g/mol. The first-order valence-corrected chi connectivity index (χ1v) is 15.1. The van der Waals surface area contributed by atoms with Gasteiger partial charge in [0, 0.05) is 6.42 Å². The molecule has 3 aliphatic heterocycles. The maximum atomic E-state index is 13.2. The number of aliphatic hydroxyl groups excluding tert-OH is 1. The van der Waals surface area contributed by atoms with Crippen molar-refractivity contribution in [3.8, 4) is 0 Å². The summed E-state index contributed by atoms with van der Waals surface area (Å²) < 4.78 is 5.19. The molecule has 0 saturated carbocycles. The van der Waals surface area contributed by atoms with Crippen molar-refractivity contribution in [1.29, 1.82) is 0 Å². The quantitative estimate of drug-likeness (QED) is 0.391. The van der Waals surface area contributed by atoms with E-state index in [0.29, 0.717) is 28.3 Å². The third-order valence-electron chi connectivity index (χ3n) is 10.1. The molecule has 2 aromatic rings. The number of ether oxygens (including phenoxy) is 1. The van der Waals surface area contributed by atoms with Gasteiger partial charge in [0.15, 0.2) is 0 Å². The predicted octanol–water partition coefficient (Wildman–Crippen LogP) is 3.62. The monoisotopic (exact) mass is 606 g/mol. The molecule has 44 heavy (non-hydrogen) atoms. The Kier molecular flexibility index (Phi) is 8.74. The van der Waals surface area contributed by atoms with Gasteiger partial charge in [0.25, 0.3) is 0 Å². The molecule has 6 atom stereocenters. The zero-order chi connectivity index (χ0) is 30.9. The summed E-state index contributed by atoms with van der Waals surface area (Å²) in [6.45, 7) is 12.4. The van der Waals surface area contributed by atoms with Crippen molar-refractivity contribution < 1.29 is 24.5 Å². The number of esters is 1. The Hall–Kier alpha value is -3.21. The van der Waals surface area contributed by atoms with E-state index in [2.05, 4.69) is 40.7 Å². The molecule has 0 radical (unpaired) electrons. The Bertz CT molecular complexity index is 1760. The van der Waals surface area contributed by atoms with Crippen LogP contribution in [0, 0.1) is 37.5 Å². The number of aromatic nitrogens is 2. The molecule has 2 aromatic heterocycles. The molecule has 6 rings (SSSR count). The van der Waals surface area contributed by atoms with Gasteiger partial charge in [0.2, 0.25) is 0 Å². The van der Waals surface area contributed by atoms with Crippen LogP contribution >= 0.6 is 0 Å². The largest absolute Gasteiger partial charge is 2.00 e. The molecule has 0 amide bonds. The number of carboxylic acid groups (broad SMARTS) is 1. The number of nitrogens with zero attached hydrogens (tertiary/aromatic N) is 4. The van der Waals surface area contributed by atoms with Crippen LogP contribution < -0.4 is 20.7 Å². The Labute approximate surface area is 273 Å². The van der Waals surface area contributed by atoms with E-state index in [0.717, 1.165) is 57.2 Å².